The van der Waals surface area contributed by atoms with E-state index in [0.29, 0.717) is 18.8 Å². The molecule has 2 heterocycles. The van der Waals surface area contributed by atoms with Crippen LogP contribution in [-0.4, -0.2) is 71.2 Å². The molecule has 6 nitrogen and oxygen atoms in total. The van der Waals surface area contributed by atoms with Gasteiger partial charge >= 0.3 is 0 Å². The molecule has 1 atom stereocenters. The highest BCUT2D eigenvalue weighted by molar-refractivity contribution is 7.99. The number of rotatable bonds is 6. The highest BCUT2D eigenvalue weighted by Gasteiger charge is 2.27. The van der Waals surface area contributed by atoms with Crippen LogP contribution in [0.3, 0.4) is 0 Å². The minimum absolute atomic E-state index is 0.0134. The lowest BCUT2D eigenvalue weighted by atomic mass is 10.1. The fourth-order valence-corrected chi connectivity index (χ4v) is 5.26. The summed E-state index contributed by atoms with van der Waals surface area (Å²) in [6, 6.07) is 14.4. The second-order valence-electron chi connectivity index (χ2n) is 8.13. The van der Waals surface area contributed by atoms with Gasteiger partial charge in [-0.05, 0) is 38.2 Å². The first-order valence-corrected chi connectivity index (χ1v) is 11.8. The molecule has 1 unspecified atom stereocenters. The molecule has 2 amide bonds. The number of carbonyl (C=O) groups excluding carboxylic acids is 2. The van der Waals surface area contributed by atoms with Gasteiger partial charge in [0, 0.05) is 72.1 Å². The van der Waals surface area contributed by atoms with Crippen LogP contribution in [0.1, 0.15) is 13.8 Å². The average molecular weight is 439 g/mol. The van der Waals surface area contributed by atoms with Crippen LogP contribution in [0.25, 0.3) is 21.8 Å². The largest absolute Gasteiger partial charge is 0.344 e. The number of aromatic nitrogens is 1. The highest BCUT2D eigenvalue weighted by Crippen LogP contribution is 2.32. The molecule has 7 heteroatoms. The number of para-hydroxylation sites is 1. The van der Waals surface area contributed by atoms with E-state index in [1.165, 1.54) is 28.7 Å². The van der Waals surface area contributed by atoms with Crippen molar-refractivity contribution in [1.29, 1.82) is 0 Å². The monoisotopic (exact) mass is 438 g/mol. The zero-order valence-electron chi connectivity index (χ0n) is 18.4. The molecule has 31 heavy (non-hydrogen) atoms. The maximum Gasteiger partial charge on any atom is 0.246 e. The number of aryl methyl sites for hydroxylation is 1. The minimum atomic E-state index is -0.515. The number of carbonyl (C=O) groups is 2. The first-order valence-electron chi connectivity index (χ1n) is 10.9. The molecule has 164 valence electrons. The molecule has 1 aliphatic heterocycles. The standard InChI is InChI=1S/C24H30N4O2S/c1-4-28-22-8-6-5-7-19(22)20-15-18(9-10-23(20)28)31-16-21(25-17(2)29)24(30)27-13-11-26(3)12-14-27/h5-10,15,21H,4,11-14,16H2,1-3H3,(H,25,29). The number of thioether (sulfide) groups is 1. The number of fused-ring (bicyclic) bond motifs is 3. The number of likely N-dealkylation sites (N-methyl/N-ethyl adjacent to an activating group) is 1. The first-order chi connectivity index (χ1) is 15.0. The molecule has 1 aliphatic rings. The van der Waals surface area contributed by atoms with Gasteiger partial charge in [-0.1, -0.05) is 18.2 Å². The van der Waals surface area contributed by atoms with E-state index in [4.69, 9.17) is 0 Å². The maximum absolute atomic E-state index is 13.1. The second-order valence-corrected chi connectivity index (χ2v) is 9.23. The Balaban J connectivity index is 1.54. The van der Waals surface area contributed by atoms with Crippen LogP contribution in [0.15, 0.2) is 47.4 Å². The van der Waals surface area contributed by atoms with Gasteiger partial charge in [-0.15, -0.1) is 11.8 Å². The smallest absolute Gasteiger partial charge is 0.246 e. The average Bonchev–Trinajstić information content (AvgIpc) is 3.09. The van der Waals surface area contributed by atoms with Crippen LogP contribution < -0.4 is 5.32 Å². The molecular weight excluding hydrogens is 408 g/mol. The lowest BCUT2D eigenvalue weighted by Crippen LogP contribution is -2.54. The fraction of sp³-hybridized carbons (Fsp3) is 0.417. The van der Waals surface area contributed by atoms with Gasteiger partial charge in [0.05, 0.1) is 0 Å². The van der Waals surface area contributed by atoms with E-state index in [2.05, 4.69) is 71.2 Å². The van der Waals surface area contributed by atoms with Gasteiger partial charge in [0.1, 0.15) is 6.04 Å². The number of nitrogens with zero attached hydrogens (tertiary/aromatic N) is 3. The summed E-state index contributed by atoms with van der Waals surface area (Å²) < 4.78 is 2.33. The van der Waals surface area contributed by atoms with Crippen LogP contribution in [0.2, 0.25) is 0 Å². The number of nitrogens with one attached hydrogen (secondary N) is 1. The Morgan fingerprint density at radius 2 is 1.74 bits per heavy atom. The van der Waals surface area contributed by atoms with Gasteiger partial charge in [0.15, 0.2) is 0 Å². The van der Waals surface area contributed by atoms with Crippen molar-refractivity contribution >= 4 is 45.4 Å². The normalized spacial score (nSPS) is 16.0. The van der Waals surface area contributed by atoms with Gasteiger partial charge < -0.3 is 19.7 Å². The van der Waals surface area contributed by atoms with Crippen molar-refractivity contribution in [2.75, 3.05) is 39.0 Å². The Morgan fingerprint density at radius 1 is 1.03 bits per heavy atom. The summed E-state index contributed by atoms with van der Waals surface area (Å²) in [6.07, 6.45) is 0. The summed E-state index contributed by atoms with van der Waals surface area (Å²) in [4.78, 5) is 30.0. The van der Waals surface area contributed by atoms with Crippen molar-refractivity contribution in [3.63, 3.8) is 0 Å². The van der Waals surface area contributed by atoms with Crippen molar-refractivity contribution in [3.05, 3.63) is 42.5 Å². The van der Waals surface area contributed by atoms with E-state index in [9.17, 15) is 9.59 Å². The van der Waals surface area contributed by atoms with E-state index >= 15 is 0 Å². The molecule has 1 N–H and O–H groups in total. The molecule has 0 radical (unpaired) electrons. The number of hydrogen-bond acceptors (Lipinski definition) is 4. The zero-order chi connectivity index (χ0) is 22.0. The number of amides is 2. The summed E-state index contributed by atoms with van der Waals surface area (Å²) in [7, 11) is 2.06. The van der Waals surface area contributed by atoms with Crippen LogP contribution in [0.5, 0.6) is 0 Å². The second kappa shape index (κ2) is 9.32. The van der Waals surface area contributed by atoms with E-state index < -0.39 is 6.04 Å². The van der Waals surface area contributed by atoms with E-state index in [1.807, 2.05) is 4.90 Å². The summed E-state index contributed by atoms with van der Waals surface area (Å²) in [5, 5.41) is 5.34. The van der Waals surface area contributed by atoms with Gasteiger partial charge in [0.2, 0.25) is 11.8 Å². The van der Waals surface area contributed by atoms with Gasteiger partial charge in [-0.3, -0.25) is 9.59 Å². The molecule has 3 aromatic rings. The fourth-order valence-electron chi connectivity index (χ4n) is 4.31. The Labute approximate surface area is 187 Å². The van der Waals surface area contributed by atoms with Crippen molar-refractivity contribution < 1.29 is 9.59 Å². The lowest BCUT2D eigenvalue weighted by molar-refractivity contribution is -0.136. The number of benzene rings is 2. The summed E-state index contributed by atoms with van der Waals surface area (Å²) in [5.41, 5.74) is 2.46. The van der Waals surface area contributed by atoms with E-state index in [0.717, 1.165) is 24.5 Å². The van der Waals surface area contributed by atoms with Crippen molar-refractivity contribution in [3.8, 4) is 0 Å². The summed E-state index contributed by atoms with van der Waals surface area (Å²) in [6.45, 7) is 7.70. The van der Waals surface area contributed by atoms with Crippen LogP contribution in [-0.2, 0) is 16.1 Å². The molecular formula is C24H30N4O2S. The quantitative estimate of drug-likeness (QED) is 0.601. The molecule has 0 aliphatic carbocycles. The van der Waals surface area contributed by atoms with Gasteiger partial charge in [0.25, 0.3) is 0 Å². The molecule has 0 spiro atoms. The molecule has 1 aromatic heterocycles. The Hall–Kier alpha value is -2.51. The Morgan fingerprint density at radius 3 is 2.45 bits per heavy atom. The van der Waals surface area contributed by atoms with Crippen LogP contribution in [0.4, 0.5) is 0 Å². The van der Waals surface area contributed by atoms with Crippen molar-refractivity contribution in [2.24, 2.45) is 0 Å². The minimum Gasteiger partial charge on any atom is -0.344 e. The SMILES string of the molecule is CCn1c2ccccc2c2cc(SCC(NC(C)=O)C(=O)N3CCN(C)CC3)ccc21. The molecule has 4 rings (SSSR count). The molecule has 2 aromatic carbocycles. The predicted molar refractivity (Wildman–Crippen MR) is 128 cm³/mol. The third kappa shape index (κ3) is 4.57. The molecule has 0 saturated carbocycles. The molecule has 1 fully saturated rings. The molecule has 0 bridgehead atoms. The summed E-state index contributed by atoms with van der Waals surface area (Å²) >= 11 is 1.62. The third-order valence-corrected chi connectivity index (χ3v) is 7.05. The van der Waals surface area contributed by atoms with Gasteiger partial charge in [-0.2, -0.15) is 0 Å². The Bertz CT molecular complexity index is 1100. The van der Waals surface area contributed by atoms with Crippen molar-refractivity contribution in [1.82, 2.24) is 19.7 Å². The number of hydrogen-bond donors (Lipinski definition) is 1. The predicted octanol–water partition coefficient (Wildman–Crippen LogP) is 3.19. The van der Waals surface area contributed by atoms with Crippen molar-refractivity contribution in [2.45, 2.75) is 31.3 Å². The lowest BCUT2D eigenvalue weighted by Gasteiger charge is -2.34. The van der Waals surface area contributed by atoms with E-state index in [-0.39, 0.29) is 11.8 Å². The van der Waals surface area contributed by atoms with Crippen LogP contribution in [0, 0.1) is 0 Å². The topological polar surface area (TPSA) is 57.6 Å². The third-order valence-electron chi connectivity index (χ3n) is 5.97. The number of piperazine rings is 1. The Kier molecular flexibility index (Phi) is 6.53. The summed E-state index contributed by atoms with van der Waals surface area (Å²) in [5.74, 6) is 0.358. The maximum atomic E-state index is 13.1. The van der Waals surface area contributed by atoms with Crippen LogP contribution >= 0.6 is 11.8 Å². The van der Waals surface area contributed by atoms with E-state index in [1.54, 1.807) is 11.8 Å². The highest BCUT2D eigenvalue weighted by atomic mass is 32.2. The molecule has 1 saturated heterocycles. The first kappa shape index (κ1) is 21.7. The zero-order valence-corrected chi connectivity index (χ0v) is 19.2. The van der Waals surface area contributed by atoms with Gasteiger partial charge in [-0.25, -0.2) is 0 Å².